The van der Waals surface area contributed by atoms with E-state index in [0.29, 0.717) is 0 Å². The minimum atomic E-state index is 0.734. The molecule has 1 aliphatic heterocycles. The lowest BCUT2D eigenvalue weighted by Crippen LogP contribution is -2.31. The van der Waals surface area contributed by atoms with Crippen LogP contribution in [-0.4, -0.2) is 31.2 Å². The summed E-state index contributed by atoms with van der Waals surface area (Å²) in [4.78, 5) is 11.5. The van der Waals surface area contributed by atoms with E-state index in [9.17, 15) is 0 Å². The Hall–Kier alpha value is -1.46. The first-order valence-corrected chi connectivity index (χ1v) is 7.77. The number of hydrogen-bond donors (Lipinski definition) is 0. The first kappa shape index (κ1) is 14.5. The molecule has 0 aliphatic carbocycles. The largest absolute Gasteiger partial charge is 0.293 e. The highest BCUT2D eigenvalue weighted by atomic mass is 35.5. The summed E-state index contributed by atoms with van der Waals surface area (Å²) in [5.41, 5.74) is 3.37. The monoisotopic (exact) mass is 305 g/mol. The molecule has 0 N–H and O–H groups in total. The summed E-state index contributed by atoms with van der Waals surface area (Å²) in [5, 5.41) is 5.14. The highest BCUT2D eigenvalue weighted by Gasteiger charge is 2.20. The molecule has 0 atom stereocenters. The van der Waals surface area contributed by atoms with Crippen LogP contribution in [0.25, 0.3) is 0 Å². The van der Waals surface area contributed by atoms with Gasteiger partial charge in [-0.05, 0) is 6.42 Å². The van der Waals surface area contributed by atoms with Crippen LogP contribution < -0.4 is 0 Å². The number of aryl methyl sites for hydroxylation is 2. The van der Waals surface area contributed by atoms with Gasteiger partial charge >= 0.3 is 0 Å². The van der Waals surface area contributed by atoms with Gasteiger partial charge in [0.05, 0.1) is 10.7 Å². The summed E-state index contributed by atoms with van der Waals surface area (Å²) in [6.07, 6.45) is 6.84. The zero-order chi connectivity index (χ0) is 14.8. The fourth-order valence-electron chi connectivity index (χ4n) is 2.72. The fraction of sp³-hybridized carbons (Fsp3) is 0.533. The zero-order valence-electron chi connectivity index (χ0n) is 12.5. The molecule has 2 aromatic rings. The van der Waals surface area contributed by atoms with E-state index in [0.717, 1.165) is 55.4 Å². The molecule has 0 aromatic carbocycles. The maximum atomic E-state index is 6.19. The van der Waals surface area contributed by atoms with Gasteiger partial charge in [-0.15, -0.1) is 0 Å². The van der Waals surface area contributed by atoms with Crippen molar-refractivity contribution in [3.8, 4) is 0 Å². The SMILES string of the molecule is CCCc1ncc2c(n1)CCN(Cc1nn(C)cc1Cl)C2. The summed E-state index contributed by atoms with van der Waals surface area (Å²) < 4.78 is 1.76. The van der Waals surface area contributed by atoms with E-state index in [1.54, 1.807) is 4.68 Å². The molecular formula is C15H20ClN5. The maximum Gasteiger partial charge on any atom is 0.128 e. The third-order valence-electron chi connectivity index (χ3n) is 3.76. The zero-order valence-corrected chi connectivity index (χ0v) is 13.3. The van der Waals surface area contributed by atoms with E-state index in [2.05, 4.69) is 26.9 Å². The van der Waals surface area contributed by atoms with E-state index in [-0.39, 0.29) is 0 Å². The number of rotatable bonds is 4. The Kier molecular flexibility index (Phi) is 4.22. The number of aromatic nitrogens is 4. The van der Waals surface area contributed by atoms with Crippen LogP contribution in [0.1, 0.15) is 36.1 Å². The first-order chi connectivity index (χ1) is 10.2. The Balaban J connectivity index is 1.71. The van der Waals surface area contributed by atoms with E-state index in [4.69, 9.17) is 11.6 Å². The van der Waals surface area contributed by atoms with Crippen molar-refractivity contribution < 1.29 is 0 Å². The van der Waals surface area contributed by atoms with Gasteiger partial charge in [0.15, 0.2) is 0 Å². The molecule has 3 rings (SSSR count). The minimum Gasteiger partial charge on any atom is -0.293 e. The molecule has 0 bridgehead atoms. The molecule has 6 heteroatoms. The predicted molar refractivity (Wildman–Crippen MR) is 82.1 cm³/mol. The molecule has 1 aliphatic rings. The summed E-state index contributed by atoms with van der Waals surface area (Å²) >= 11 is 6.19. The molecule has 0 radical (unpaired) electrons. The van der Waals surface area contributed by atoms with Crippen LogP contribution in [-0.2, 0) is 33.0 Å². The van der Waals surface area contributed by atoms with E-state index in [1.807, 2.05) is 19.4 Å². The van der Waals surface area contributed by atoms with E-state index >= 15 is 0 Å². The van der Waals surface area contributed by atoms with Crippen LogP contribution in [0.3, 0.4) is 0 Å². The average Bonchev–Trinajstić information content (AvgIpc) is 2.77. The second-order valence-electron chi connectivity index (χ2n) is 5.57. The van der Waals surface area contributed by atoms with Gasteiger partial charge in [-0.3, -0.25) is 9.58 Å². The summed E-state index contributed by atoms with van der Waals surface area (Å²) in [5.74, 6) is 0.970. The Morgan fingerprint density at radius 2 is 2.24 bits per heavy atom. The minimum absolute atomic E-state index is 0.734. The van der Waals surface area contributed by atoms with E-state index < -0.39 is 0 Å². The van der Waals surface area contributed by atoms with Crippen molar-refractivity contribution in [1.29, 1.82) is 0 Å². The highest BCUT2D eigenvalue weighted by Crippen LogP contribution is 2.21. The van der Waals surface area contributed by atoms with Crippen molar-refractivity contribution in [2.75, 3.05) is 6.54 Å². The number of halogens is 1. The average molecular weight is 306 g/mol. The first-order valence-electron chi connectivity index (χ1n) is 7.39. The lowest BCUT2D eigenvalue weighted by Gasteiger charge is -2.27. The van der Waals surface area contributed by atoms with Gasteiger partial charge in [-0.2, -0.15) is 5.10 Å². The lowest BCUT2D eigenvalue weighted by atomic mass is 10.1. The Morgan fingerprint density at radius 1 is 1.38 bits per heavy atom. The van der Waals surface area contributed by atoms with Crippen molar-refractivity contribution in [3.63, 3.8) is 0 Å². The van der Waals surface area contributed by atoms with Gasteiger partial charge in [0.2, 0.25) is 0 Å². The molecule has 0 spiro atoms. The van der Waals surface area contributed by atoms with Crippen molar-refractivity contribution in [3.05, 3.63) is 40.2 Å². The smallest absolute Gasteiger partial charge is 0.128 e. The van der Waals surface area contributed by atoms with Crippen molar-refractivity contribution in [2.45, 2.75) is 39.3 Å². The van der Waals surface area contributed by atoms with Crippen LogP contribution in [0.5, 0.6) is 0 Å². The predicted octanol–water partition coefficient (Wildman–Crippen LogP) is 2.37. The van der Waals surface area contributed by atoms with Crippen LogP contribution in [0.15, 0.2) is 12.4 Å². The quantitative estimate of drug-likeness (QED) is 0.870. The molecule has 21 heavy (non-hydrogen) atoms. The molecule has 0 fully saturated rings. The molecule has 3 heterocycles. The van der Waals surface area contributed by atoms with Crippen molar-refractivity contribution in [2.24, 2.45) is 7.05 Å². The van der Waals surface area contributed by atoms with Crippen molar-refractivity contribution in [1.82, 2.24) is 24.6 Å². The lowest BCUT2D eigenvalue weighted by molar-refractivity contribution is 0.239. The van der Waals surface area contributed by atoms with Crippen LogP contribution in [0.4, 0.5) is 0 Å². The van der Waals surface area contributed by atoms with Gasteiger partial charge in [0.25, 0.3) is 0 Å². The molecule has 112 valence electrons. The fourth-order valence-corrected chi connectivity index (χ4v) is 2.96. The van der Waals surface area contributed by atoms with Crippen LogP contribution in [0.2, 0.25) is 5.02 Å². The van der Waals surface area contributed by atoms with Crippen molar-refractivity contribution >= 4 is 11.6 Å². The van der Waals surface area contributed by atoms with Gasteiger partial charge in [0, 0.05) is 63.2 Å². The Morgan fingerprint density at radius 3 is 2.95 bits per heavy atom. The van der Waals surface area contributed by atoms with Gasteiger partial charge in [0.1, 0.15) is 5.82 Å². The number of fused-ring (bicyclic) bond motifs is 1. The highest BCUT2D eigenvalue weighted by molar-refractivity contribution is 6.31. The molecular weight excluding hydrogens is 286 g/mol. The molecule has 2 aromatic heterocycles. The van der Waals surface area contributed by atoms with Crippen LogP contribution in [0, 0.1) is 0 Å². The summed E-state index contributed by atoms with van der Waals surface area (Å²) in [7, 11) is 1.89. The van der Waals surface area contributed by atoms with Gasteiger partial charge < -0.3 is 0 Å². The van der Waals surface area contributed by atoms with Gasteiger partial charge in [-0.1, -0.05) is 18.5 Å². The van der Waals surface area contributed by atoms with Gasteiger partial charge in [-0.25, -0.2) is 9.97 Å². The molecule has 5 nitrogen and oxygen atoms in total. The van der Waals surface area contributed by atoms with E-state index in [1.165, 1.54) is 11.3 Å². The standard InChI is InChI=1S/C15H20ClN5/c1-3-4-15-17-7-11-8-21(6-5-13(11)18-15)10-14-12(16)9-20(2)19-14/h7,9H,3-6,8,10H2,1-2H3. The van der Waals surface area contributed by atoms with Crippen LogP contribution >= 0.6 is 11.6 Å². The second-order valence-corrected chi connectivity index (χ2v) is 5.97. The second kappa shape index (κ2) is 6.12. The topological polar surface area (TPSA) is 46.8 Å². The summed E-state index contributed by atoms with van der Waals surface area (Å²) in [6, 6.07) is 0. The molecule has 0 saturated carbocycles. The molecule has 0 unspecified atom stereocenters. The molecule has 0 amide bonds. The maximum absolute atomic E-state index is 6.19. The summed E-state index contributed by atoms with van der Waals surface area (Å²) in [6.45, 7) is 4.79. The number of nitrogens with zero attached hydrogens (tertiary/aromatic N) is 5. The third kappa shape index (κ3) is 3.24. The molecule has 0 saturated heterocycles. The Labute approximate surface area is 130 Å². The third-order valence-corrected chi connectivity index (χ3v) is 4.08. The Bertz CT molecular complexity index is 637. The number of hydrogen-bond acceptors (Lipinski definition) is 4. The normalized spacial score (nSPS) is 15.2.